The Kier molecular flexibility index (Phi) is 5.36. The highest BCUT2D eigenvalue weighted by atomic mass is 16.4. The molecule has 1 amide bonds. The van der Waals surface area contributed by atoms with Gasteiger partial charge in [0.2, 0.25) is 5.91 Å². The first kappa shape index (κ1) is 14.2. The van der Waals surface area contributed by atoms with E-state index in [2.05, 4.69) is 5.32 Å². The highest BCUT2D eigenvalue weighted by Crippen LogP contribution is 2.08. The third-order valence-corrected chi connectivity index (χ3v) is 3.00. The predicted octanol–water partition coefficient (Wildman–Crippen LogP) is 1.84. The average molecular weight is 249 g/mol. The SMILES string of the molecule is CC[C@@H](C)[C@@H](NC(=O)Cc1ccccc1)C(=O)O. The Hall–Kier alpha value is -1.84. The molecule has 4 nitrogen and oxygen atoms in total. The Morgan fingerprint density at radius 2 is 1.89 bits per heavy atom. The summed E-state index contributed by atoms with van der Waals surface area (Å²) in [5, 5.41) is 11.7. The molecular weight excluding hydrogens is 230 g/mol. The van der Waals surface area contributed by atoms with E-state index in [0.717, 1.165) is 5.56 Å². The van der Waals surface area contributed by atoms with Gasteiger partial charge in [-0.05, 0) is 11.5 Å². The smallest absolute Gasteiger partial charge is 0.326 e. The summed E-state index contributed by atoms with van der Waals surface area (Å²) in [4.78, 5) is 22.8. The van der Waals surface area contributed by atoms with E-state index in [4.69, 9.17) is 5.11 Å². The second-order valence-corrected chi connectivity index (χ2v) is 4.43. The molecule has 0 fully saturated rings. The van der Waals surface area contributed by atoms with Gasteiger partial charge in [0.05, 0.1) is 6.42 Å². The van der Waals surface area contributed by atoms with Gasteiger partial charge in [-0.3, -0.25) is 4.79 Å². The lowest BCUT2D eigenvalue weighted by Crippen LogP contribution is -2.45. The monoisotopic (exact) mass is 249 g/mol. The predicted molar refractivity (Wildman–Crippen MR) is 69.2 cm³/mol. The first-order valence-electron chi connectivity index (χ1n) is 6.10. The van der Waals surface area contributed by atoms with Crippen molar-refractivity contribution in [2.24, 2.45) is 5.92 Å². The van der Waals surface area contributed by atoms with E-state index in [0.29, 0.717) is 6.42 Å². The molecule has 0 aliphatic heterocycles. The second kappa shape index (κ2) is 6.79. The van der Waals surface area contributed by atoms with Gasteiger partial charge in [-0.2, -0.15) is 0 Å². The molecule has 2 N–H and O–H groups in total. The summed E-state index contributed by atoms with van der Waals surface area (Å²) in [6.07, 6.45) is 0.920. The fourth-order valence-electron chi connectivity index (χ4n) is 1.69. The van der Waals surface area contributed by atoms with Crippen LogP contribution in [-0.4, -0.2) is 23.0 Å². The minimum atomic E-state index is -0.981. The first-order chi connectivity index (χ1) is 8.54. The lowest BCUT2D eigenvalue weighted by molar-refractivity contribution is -0.143. The van der Waals surface area contributed by atoms with E-state index >= 15 is 0 Å². The largest absolute Gasteiger partial charge is 0.480 e. The number of rotatable bonds is 6. The summed E-state index contributed by atoms with van der Waals surface area (Å²) >= 11 is 0. The summed E-state index contributed by atoms with van der Waals surface area (Å²) in [6.45, 7) is 3.73. The van der Waals surface area contributed by atoms with Gasteiger partial charge in [-0.1, -0.05) is 50.6 Å². The van der Waals surface area contributed by atoms with Gasteiger partial charge in [0.15, 0.2) is 0 Å². The fraction of sp³-hybridized carbons (Fsp3) is 0.429. The van der Waals surface area contributed by atoms with Crippen LogP contribution in [-0.2, 0) is 16.0 Å². The molecule has 1 aromatic carbocycles. The van der Waals surface area contributed by atoms with Crippen LogP contribution in [0.3, 0.4) is 0 Å². The number of carbonyl (C=O) groups excluding carboxylic acids is 1. The van der Waals surface area contributed by atoms with Crippen molar-refractivity contribution >= 4 is 11.9 Å². The molecule has 0 unspecified atom stereocenters. The average Bonchev–Trinajstić information content (AvgIpc) is 2.36. The number of hydrogen-bond donors (Lipinski definition) is 2. The number of carboxylic acid groups (broad SMARTS) is 1. The maximum atomic E-state index is 11.8. The van der Waals surface area contributed by atoms with Crippen molar-refractivity contribution in [3.8, 4) is 0 Å². The zero-order valence-electron chi connectivity index (χ0n) is 10.7. The topological polar surface area (TPSA) is 66.4 Å². The van der Waals surface area contributed by atoms with Gasteiger partial charge in [0.1, 0.15) is 6.04 Å². The molecule has 0 bridgehead atoms. The molecule has 0 heterocycles. The Labute approximate surface area is 107 Å². The maximum Gasteiger partial charge on any atom is 0.326 e. The van der Waals surface area contributed by atoms with Crippen molar-refractivity contribution in [2.45, 2.75) is 32.7 Å². The molecular formula is C14H19NO3. The van der Waals surface area contributed by atoms with Gasteiger partial charge in [-0.15, -0.1) is 0 Å². The van der Waals surface area contributed by atoms with E-state index in [1.807, 2.05) is 44.2 Å². The lowest BCUT2D eigenvalue weighted by Gasteiger charge is -2.20. The van der Waals surface area contributed by atoms with E-state index in [1.54, 1.807) is 0 Å². The summed E-state index contributed by atoms with van der Waals surface area (Å²) < 4.78 is 0. The number of aliphatic carboxylic acids is 1. The van der Waals surface area contributed by atoms with Crippen molar-refractivity contribution in [3.63, 3.8) is 0 Å². The van der Waals surface area contributed by atoms with Crippen molar-refractivity contribution in [3.05, 3.63) is 35.9 Å². The molecule has 98 valence electrons. The number of nitrogens with one attached hydrogen (secondary N) is 1. The first-order valence-corrected chi connectivity index (χ1v) is 6.10. The van der Waals surface area contributed by atoms with Crippen LogP contribution in [0.1, 0.15) is 25.8 Å². The van der Waals surface area contributed by atoms with Gasteiger partial charge in [0.25, 0.3) is 0 Å². The van der Waals surface area contributed by atoms with Gasteiger partial charge < -0.3 is 10.4 Å². The highest BCUT2D eigenvalue weighted by Gasteiger charge is 2.24. The van der Waals surface area contributed by atoms with Gasteiger partial charge >= 0.3 is 5.97 Å². The number of hydrogen-bond acceptors (Lipinski definition) is 2. The Balaban J connectivity index is 2.60. The number of benzene rings is 1. The van der Waals surface area contributed by atoms with Gasteiger partial charge in [-0.25, -0.2) is 4.79 Å². The third kappa shape index (κ3) is 4.20. The molecule has 0 saturated heterocycles. The van der Waals surface area contributed by atoms with Crippen LogP contribution in [0, 0.1) is 5.92 Å². The molecule has 0 aliphatic rings. The molecule has 1 rings (SSSR count). The number of carboxylic acids is 1. The Bertz CT molecular complexity index is 403. The van der Waals surface area contributed by atoms with E-state index in [9.17, 15) is 9.59 Å². The van der Waals surface area contributed by atoms with Crippen molar-refractivity contribution in [1.82, 2.24) is 5.32 Å². The minimum Gasteiger partial charge on any atom is -0.480 e. The van der Waals surface area contributed by atoms with Crippen molar-refractivity contribution in [1.29, 1.82) is 0 Å². The zero-order chi connectivity index (χ0) is 13.5. The second-order valence-electron chi connectivity index (χ2n) is 4.43. The van der Waals surface area contributed by atoms with Crippen LogP contribution in [0.4, 0.5) is 0 Å². The van der Waals surface area contributed by atoms with Crippen LogP contribution in [0.2, 0.25) is 0 Å². The molecule has 4 heteroatoms. The molecule has 0 radical (unpaired) electrons. The molecule has 18 heavy (non-hydrogen) atoms. The summed E-state index contributed by atoms with van der Waals surface area (Å²) in [6, 6.07) is 8.46. The molecule has 0 aromatic heterocycles. The highest BCUT2D eigenvalue weighted by molar-refractivity contribution is 5.85. The molecule has 0 saturated carbocycles. The standard InChI is InChI=1S/C14H19NO3/c1-3-10(2)13(14(17)18)15-12(16)9-11-7-5-4-6-8-11/h4-8,10,13H,3,9H2,1-2H3,(H,15,16)(H,17,18)/t10-,13-/m1/s1. The van der Waals surface area contributed by atoms with Crippen LogP contribution in [0.15, 0.2) is 30.3 Å². The normalized spacial score (nSPS) is 13.7. The quantitative estimate of drug-likeness (QED) is 0.808. The Morgan fingerprint density at radius 1 is 1.28 bits per heavy atom. The molecule has 0 aliphatic carbocycles. The summed E-state index contributed by atoms with van der Waals surface area (Å²) in [7, 11) is 0. The number of carbonyl (C=O) groups is 2. The van der Waals surface area contributed by atoms with Crippen LogP contribution in [0.5, 0.6) is 0 Å². The third-order valence-electron chi connectivity index (χ3n) is 3.00. The zero-order valence-corrected chi connectivity index (χ0v) is 10.7. The van der Waals surface area contributed by atoms with Crippen molar-refractivity contribution < 1.29 is 14.7 Å². The summed E-state index contributed by atoms with van der Waals surface area (Å²) in [5.74, 6) is -1.32. The van der Waals surface area contributed by atoms with Crippen molar-refractivity contribution in [2.75, 3.05) is 0 Å². The lowest BCUT2D eigenvalue weighted by atomic mass is 9.99. The summed E-state index contributed by atoms with van der Waals surface area (Å²) in [5.41, 5.74) is 0.878. The Morgan fingerprint density at radius 3 is 2.39 bits per heavy atom. The van der Waals surface area contributed by atoms with Crippen LogP contribution in [0.25, 0.3) is 0 Å². The van der Waals surface area contributed by atoms with Gasteiger partial charge in [0, 0.05) is 0 Å². The van der Waals surface area contributed by atoms with Crippen LogP contribution >= 0.6 is 0 Å². The number of amides is 1. The van der Waals surface area contributed by atoms with E-state index in [1.165, 1.54) is 0 Å². The molecule has 2 atom stereocenters. The van der Waals surface area contributed by atoms with Crippen LogP contribution < -0.4 is 5.32 Å². The molecule has 0 spiro atoms. The maximum absolute atomic E-state index is 11.8. The fourth-order valence-corrected chi connectivity index (χ4v) is 1.69. The minimum absolute atomic E-state index is 0.0813. The molecule has 1 aromatic rings. The van der Waals surface area contributed by atoms with E-state index < -0.39 is 12.0 Å². The van der Waals surface area contributed by atoms with E-state index in [-0.39, 0.29) is 18.2 Å².